The molecule has 1 aromatic carbocycles. The lowest BCUT2D eigenvalue weighted by atomic mass is 10.1. The molecule has 1 unspecified atom stereocenters. The number of aliphatic hydroxyl groups is 1. The molecule has 0 amide bonds. The van der Waals surface area contributed by atoms with Crippen LogP contribution in [0.3, 0.4) is 0 Å². The molecular weight excluding hydrogens is 304 g/mol. The molecule has 4 rings (SSSR count). The van der Waals surface area contributed by atoms with Gasteiger partial charge in [-0.25, -0.2) is 4.98 Å². The van der Waals surface area contributed by atoms with Crippen LogP contribution in [0.2, 0.25) is 0 Å². The van der Waals surface area contributed by atoms with Gasteiger partial charge in [-0.2, -0.15) is 0 Å². The van der Waals surface area contributed by atoms with E-state index in [0.29, 0.717) is 6.04 Å². The second-order valence-electron chi connectivity index (χ2n) is 6.63. The molecule has 3 nitrogen and oxygen atoms in total. The fourth-order valence-corrected chi connectivity index (χ4v) is 5.20. The summed E-state index contributed by atoms with van der Waals surface area (Å²) in [6.07, 6.45) is 6.85. The number of benzene rings is 1. The lowest BCUT2D eigenvalue weighted by Crippen LogP contribution is -2.28. The molecule has 122 valence electrons. The van der Waals surface area contributed by atoms with Crippen molar-refractivity contribution in [2.24, 2.45) is 0 Å². The predicted molar refractivity (Wildman–Crippen MR) is 93.8 cm³/mol. The van der Waals surface area contributed by atoms with Crippen molar-refractivity contribution in [3.05, 3.63) is 51.0 Å². The predicted octanol–water partition coefficient (Wildman–Crippen LogP) is 3.50. The molecule has 1 N–H and O–H groups in total. The number of aryl methyl sites for hydroxylation is 3. The first-order valence-corrected chi connectivity index (χ1v) is 9.57. The molecule has 2 aliphatic rings. The molecule has 0 aliphatic heterocycles. The summed E-state index contributed by atoms with van der Waals surface area (Å²) in [6.45, 7) is 2.13. The maximum atomic E-state index is 9.28. The van der Waals surface area contributed by atoms with Crippen molar-refractivity contribution < 1.29 is 5.11 Å². The van der Waals surface area contributed by atoms with Crippen LogP contribution in [0, 0.1) is 0 Å². The largest absolute Gasteiger partial charge is 0.396 e. The van der Waals surface area contributed by atoms with Crippen LogP contribution in [-0.4, -0.2) is 28.1 Å². The summed E-state index contributed by atoms with van der Waals surface area (Å²) in [6, 6.07) is 9.32. The first-order chi connectivity index (χ1) is 11.3. The molecule has 0 spiro atoms. The summed E-state index contributed by atoms with van der Waals surface area (Å²) in [5.41, 5.74) is 4.32. The van der Waals surface area contributed by atoms with Crippen LogP contribution >= 0.6 is 11.3 Å². The van der Waals surface area contributed by atoms with Crippen LogP contribution in [0.15, 0.2) is 24.3 Å². The van der Waals surface area contributed by atoms with E-state index in [9.17, 15) is 5.11 Å². The van der Waals surface area contributed by atoms with Gasteiger partial charge in [-0.3, -0.25) is 4.90 Å². The minimum absolute atomic E-state index is 0.263. The number of hydrogen-bond donors (Lipinski definition) is 1. The van der Waals surface area contributed by atoms with Gasteiger partial charge in [0.1, 0.15) is 5.01 Å². The molecule has 0 saturated carbocycles. The molecule has 0 saturated heterocycles. The lowest BCUT2D eigenvalue weighted by molar-refractivity contribution is 0.165. The van der Waals surface area contributed by atoms with Gasteiger partial charge in [-0.1, -0.05) is 24.3 Å². The molecule has 0 fully saturated rings. The van der Waals surface area contributed by atoms with Crippen molar-refractivity contribution in [1.82, 2.24) is 9.88 Å². The molecule has 1 aromatic heterocycles. The molecule has 1 heterocycles. The van der Waals surface area contributed by atoms with Gasteiger partial charge < -0.3 is 5.11 Å². The van der Waals surface area contributed by atoms with Crippen LogP contribution in [0.25, 0.3) is 0 Å². The zero-order valence-electron chi connectivity index (χ0n) is 13.5. The number of thiazole rings is 1. The van der Waals surface area contributed by atoms with Crippen LogP contribution < -0.4 is 0 Å². The highest BCUT2D eigenvalue weighted by Crippen LogP contribution is 2.37. The number of hydrogen-bond acceptors (Lipinski definition) is 4. The van der Waals surface area contributed by atoms with E-state index in [-0.39, 0.29) is 6.61 Å². The Morgan fingerprint density at radius 3 is 3.00 bits per heavy atom. The highest BCUT2D eigenvalue weighted by molar-refractivity contribution is 7.11. The summed E-state index contributed by atoms with van der Waals surface area (Å²) in [4.78, 5) is 8.93. The van der Waals surface area contributed by atoms with Gasteiger partial charge in [0.2, 0.25) is 0 Å². The van der Waals surface area contributed by atoms with E-state index < -0.39 is 0 Å². The van der Waals surface area contributed by atoms with E-state index in [1.54, 1.807) is 0 Å². The minimum atomic E-state index is 0.263. The summed E-state index contributed by atoms with van der Waals surface area (Å²) >= 11 is 1.91. The average molecular weight is 328 g/mol. The molecule has 23 heavy (non-hydrogen) atoms. The summed E-state index contributed by atoms with van der Waals surface area (Å²) in [7, 11) is 0. The van der Waals surface area contributed by atoms with Gasteiger partial charge in [0.05, 0.1) is 12.2 Å². The Kier molecular flexibility index (Phi) is 4.47. The highest BCUT2D eigenvalue weighted by atomic mass is 32.1. The van der Waals surface area contributed by atoms with Crippen LogP contribution in [0.1, 0.15) is 52.0 Å². The molecular formula is C19H24N2OS. The molecule has 2 aliphatic carbocycles. The number of nitrogens with zero attached hydrogens (tertiary/aromatic N) is 2. The summed E-state index contributed by atoms with van der Waals surface area (Å²) in [5, 5.41) is 10.5. The first-order valence-electron chi connectivity index (χ1n) is 8.75. The van der Waals surface area contributed by atoms with E-state index in [1.165, 1.54) is 52.4 Å². The molecule has 0 radical (unpaired) electrons. The molecule has 0 bridgehead atoms. The fourth-order valence-electron chi connectivity index (χ4n) is 4.02. The highest BCUT2D eigenvalue weighted by Gasteiger charge is 2.28. The van der Waals surface area contributed by atoms with Crippen molar-refractivity contribution in [3.63, 3.8) is 0 Å². The van der Waals surface area contributed by atoms with Gasteiger partial charge in [0, 0.05) is 24.1 Å². The second kappa shape index (κ2) is 6.71. The molecule has 1 atom stereocenters. The smallest absolute Gasteiger partial charge is 0.107 e. The monoisotopic (exact) mass is 328 g/mol. The average Bonchev–Trinajstić information content (AvgIpc) is 3.25. The van der Waals surface area contributed by atoms with Crippen molar-refractivity contribution >= 4 is 11.3 Å². The van der Waals surface area contributed by atoms with E-state index >= 15 is 0 Å². The van der Waals surface area contributed by atoms with E-state index in [2.05, 4.69) is 29.2 Å². The minimum Gasteiger partial charge on any atom is -0.396 e. The maximum Gasteiger partial charge on any atom is 0.107 e. The Labute approximate surface area is 142 Å². The van der Waals surface area contributed by atoms with Crippen LogP contribution in [0.5, 0.6) is 0 Å². The Hall–Kier alpha value is -1.23. The third-order valence-electron chi connectivity index (χ3n) is 5.12. The van der Waals surface area contributed by atoms with Gasteiger partial charge in [-0.05, 0) is 49.7 Å². The zero-order valence-corrected chi connectivity index (χ0v) is 14.3. The van der Waals surface area contributed by atoms with Crippen LogP contribution in [-0.2, 0) is 25.8 Å². The first kappa shape index (κ1) is 15.3. The Morgan fingerprint density at radius 2 is 2.13 bits per heavy atom. The lowest BCUT2D eigenvalue weighted by Gasteiger charge is -2.28. The number of fused-ring (bicyclic) bond motifs is 2. The standard InChI is InChI=1S/C19H24N2OS/c22-12-4-11-21(13-19-20-16-7-3-8-18(16)23-19)17-10-9-14-5-1-2-6-15(14)17/h1-2,5-6,17,22H,3-4,7-13H2. The fraction of sp³-hybridized carbons (Fsp3) is 0.526. The number of rotatable bonds is 6. The second-order valence-corrected chi connectivity index (χ2v) is 7.80. The summed E-state index contributed by atoms with van der Waals surface area (Å²) < 4.78 is 0. The van der Waals surface area contributed by atoms with Crippen LogP contribution in [0.4, 0.5) is 0 Å². The number of aromatic nitrogens is 1. The van der Waals surface area contributed by atoms with E-state index in [4.69, 9.17) is 4.98 Å². The Balaban J connectivity index is 1.55. The maximum absolute atomic E-state index is 9.28. The quantitative estimate of drug-likeness (QED) is 0.881. The Bertz CT molecular complexity index is 660. The Morgan fingerprint density at radius 1 is 1.22 bits per heavy atom. The van der Waals surface area contributed by atoms with Gasteiger partial charge in [0.25, 0.3) is 0 Å². The number of aliphatic hydroxyl groups excluding tert-OH is 1. The third kappa shape index (κ3) is 3.08. The van der Waals surface area contributed by atoms with Gasteiger partial charge in [0.15, 0.2) is 0 Å². The topological polar surface area (TPSA) is 36.4 Å². The SMILES string of the molecule is OCCCN(Cc1nc2c(s1)CCC2)C1CCc2ccccc21. The van der Waals surface area contributed by atoms with Crippen molar-refractivity contribution in [2.75, 3.05) is 13.2 Å². The third-order valence-corrected chi connectivity index (χ3v) is 6.27. The zero-order chi connectivity index (χ0) is 15.6. The van der Waals surface area contributed by atoms with Gasteiger partial charge >= 0.3 is 0 Å². The summed E-state index contributed by atoms with van der Waals surface area (Å²) in [5.74, 6) is 0. The molecule has 4 heteroatoms. The van der Waals surface area contributed by atoms with Crippen molar-refractivity contribution in [3.8, 4) is 0 Å². The van der Waals surface area contributed by atoms with Gasteiger partial charge in [-0.15, -0.1) is 11.3 Å². The van der Waals surface area contributed by atoms with E-state index in [1.807, 2.05) is 11.3 Å². The van der Waals surface area contributed by atoms with Crippen molar-refractivity contribution in [1.29, 1.82) is 0 Å². The van der Waals surface area contributed by atoms with Crippen molar-refractivity contribution in [2.45, 2.75) is 51.1 Å². The normalized spacial score (nSPS) is 19.3. The molecule has 2 aromatic rings. The van der Waals surface area contributed by atoms with E-state index in [0.717, 1.165) is 25.9 Å².